The lowest BCUT2D eigenvalue weighted by atomic mass is 10.1. The van der Waals surface area contributed by atoms with Crippen molar-refractivity contribution in [2.75, 3.05) is 7.11 Å². The molecule has 11 nitrogen and oxygen atoms in total. The van der Waals surface area contributed by atoms with E-state index in [-0.39, 0.29) is 29.5 Å². The smallest absolute Gasteiger partial charge is 0.283 e. The molecule has 0 spiro atoms. The Morgan fingerprint density at radius 3 is 2.73 bits per heavy atom. The fourth-order valence-electron chi connectivity index (χ4n) is 3.56. The minimum Gasteiger partial charge on any atom is -0.493 e. The number of hydrogen-bond acceptors (Lipinski definition) is 10. The number of aryl methyl sites for hydroxylation is 1. The van der Waals surface area contributed by atoms with Crippen LogP contribution in [0.4, 0.5) is 0 Å². The third kappa shape index (κ3) is 4.79. The van der Waals surface area contributed by atoms with E-state index in [4.69, 9.17) is 14.9 Å². The Labute approximate surface area is 220 Å². The van der Waals surface area contributed by atoms with Crippen molar-refractivity contribution in [2.24, 2.45) is 16.0 Å². The average molecular weight is 538 g/mol. The number of thioether (sulfide) groups is 1. The van der Waals surface area contributed by atoms with Gasteiger partial charge < -0.3 is 9.47 Å². The van der Waals surface area contributed by atoms with Crippen LogP contribution >= 0.6 is 23.1 Å². The zero-order valence-corrected chi connectivity index (χ0v) is 22.1. The number of fused-ring (bicyclic) bond motifs is 2. The number of benzene rings is 1. The molecule has 0 bridgehead atoms. The Bertz CT molecular complexity index is 1590. The second-order valence-corrected chi connectivity index (χ2v) is 10.5. The van der Waals surface area contributed by atoms with Crippen molar-refractivity contribution in [3.63, 3.8) is 0 Å². The maximum Gasteiger partial charge on any atom is 0.283 e. The van der Waals surface area contributed by atoms with Gasteiger partial charge in [-0.2, -0.15) is 24.7 Å². The molecule has 0 saturated carbocycles. The SMILES string of the molecule is CCc1nn2c(=O)cc(COc3ccc(/C=C4\C(=N)N5N=C(C(C)C)SC5=NC4=O)cc3OC)nc2s1. The molecule has 5 rings (SSSR count). The highest BCUT2D eigenvalue weighted by Gasteiger charge is 2.36. The second-order valence-electron chi connectivity index (χ2n) is 8.44. The summed E-state index contributed by atoms with van der Waals surface area (Å²) >= 11 is 2.67. The van der Waals surface area contributed by atoms with E-state index in [1.807, 2.05) is 20.8 Å². The quantitative estimate of drug-likeness (QED) is 0.452. The maximum absolute atomic E-state index is 12.7. The summed E-state index contributed by atoms with van der Waals surface area (Å²) in [7, 11) is 1.51. The number of carbonyl (C=O) groups excluding carboxylic acids is 1. The molecular formula is C24H23N7O4S2. The number of amidine groups is 2. The minimum absolute atomic E-state index is 0.0282. The van der Waals surface area contributed by atoms with Crippen molar-refractivity contribution in [3.05, 3.63) is 56.5 Å². The Balaban J connectivity index is 1.37. The van der Waals surface area contributed by atoms with Gasteiger partial charge in [-0.15, -0.1) is 0 Å². The molecule has 0 saturated heterocycles. The van der Waals surface area contributed by atoms with Gasteiger partial charge in [0.2, 0.25) is 10.1 Å². The summed E-state index contributed by atoms with van der Waals surface area (Å²) in [6, 6.07) is 6.54. The summed E-state index contributed by atoms with van der Waals surface area (Å²) in [6.45, 7) is 6.03. The van der Waals surface area contributed by atoms with E-state index in [1.165, 1.54) is 45.8 Å². The minimum atomic E-state index is -0.495. The molecule has 0 unspecified atom stereocenters. The molecule has 2 aliphatic rings. The van der Waals surface area contributed by atoms with Crippen LogP contribution in [-0.2, 0) is 17.8 Å². The first-order chi connectivity index (χ1) is 17.8. The summed E-state index contributed by atoms with van der Waals surface area (Å²) in [5, 5.41) is 20.6. The Morgan fingerprint density at radius 1 is 1.19 bits per heavy atom. The molecule has 0 fully saturated rings. The lowest BCUT2D eigenvalue weighted by Gasteiger charge is -2.20. The third-order valence-electron chi connectivity index (χ3n) is 5.48. The van der Waals surface area contributed by atoms with E-state index in [0.717, 1.165) is 16.5 Å². The lowest BCUT2D eigenvalue weighted by molar-refractivity contribution is -0.114. The highest BCUT2D eigenvalue weighted by atomic mass is 32.2. The van der Waals surface area contributed by atoms with E-state index in [1.54, 1.807) is 24.3 Å². The van der Waals surface area contributed by atoms with Gasteiger partial charge in [-0.05, 0) is 42.0 Å². The number of hydrazone groups is 1. The Hall–Kier alpha value is -3.84. The number of carbonyl (C=O) groups is 1. The molecule has 1 amide bonds. The molecule has 0 aliphatic carbocycles. The van der Waals surface area contributed by atoms with Crippen LogP contribution in [0.2, 0.25) is 0 Å². The molecule has 13 heteroatoms. The van der Waals surface area contributed by atoms with Crippen LogP contribution in [0.25, 0.3) is 11.0 Å². The van der Waals surface area contributed by atoms with Gasteiger partial charge in [0.25, 0.3) is 11.5 Å². The van der Waals surface area contributed by atoms with Crippen LogP contribution in [0.15, 0.2) is 44.7 Å². The van der Waals surface area contributed by atoms with Gasteiger partial charge >= 0.3 is 0 Å². The van der Waals surface area contributed by atoms with Crippen LogP contribution in [-0.4, -0.2) is 48.7 Å². The van der Waals surface area contributed by atoms with E-state index in [2.05, 4.69) is 20.2 Å². The largest absolute Gasteiger partial charge is 0.493 e. The van der Waals surface area contributed by atoms with Crippen molar-refractivity contribution in [1.82, 2.24) is 19.6 Å². The van der Waals surface area contributed by atoms with Crippen LogP contribution in [0.3, 0.4) is 0 Å². The number of aromatic nitrogens is 3. The van der Waals surface area contributed by atoms with Gasteiger partial charge in [0, 0.05) is 12.0 Å². The molecule has 190 valence electrons. The second kappa shape index (κ2) is 9.90. The summed E-state index contributed by atoms with van der Waals surface area (Å²) in [6.07, 6.45) is 2.30. The highest BCUT2D eigenvalue weighted by Crippen LogP contribution is 2.33. The maximum atomic E-state index is 12.7. The highest BCUT2D eigenvalue weighted by molar-refractivity contribution is 8.27. The molecule has 0 atom stereocenters. The van der Waals surface area contributed by atoms with Gasteiger partial charge in [-0.3, -0.25) is 15.0 Å². The standard InChI is InChI=1S/C24H23N7O4S2/c1-5-18-28-30-19(32)10-14(26-23(30)36-18)11-35-16-7-6-13(9-17(16)34-4)8-15-20(25)31-24(27-21(15)33)37-22(29-31)12(2)3/h6-10,12,25H,5,11H2,1-4H3/b15-8+,25-20?. The van der Waals surface area contributed by atoms with Crippen LogP contribution in [0.5, 0.6) is 11.5 Å². The molecule has 3 aromatic rings. The van der Waals surface area contributed by atoms with E-state index < -0.39 is 5.91 Å². The number of rotatable bonds is 7. The van der Waals surface area contributed by atoms with Crippen LogP contribution < -0.4 is 15.0 Å². The number of aliphatic imine (C=N–C) groups is 1. The first-order valence-electron chi connectivity index (χ1n) is 11.5. The fourth-order valence-corrected chi connectivity index (χ4v) is 5.31. The predicted octanol–water partition coefficient (Wildman–Crippen LogP) is 3.58. The van der Waals surface area contributed by atoms with Gasteiger partial charge in [0.1, 0.15) is 16.7 Å². The van der Waals surface area contributed by atoms with Crippen LogP contribution in [0.1, 0.15) is 37.0 Å². The molecule has 1 N–H and O–H groups in total. The van der Waals surface area contributed by atoms with Crippen molar-refractivity contribution >= 4 is 56.1 Å². The summed E-state index contributed by atoms with van der Waals surface area (Å²) in [4.78, 5) is 34.2. The third-order valence-corrected chi connectivity index (χ3v) is 7.74. The zero-order valence-electron chi connectivity index (χ0n) is 20.5. The lowest BCUT2D eigenvalue weighted by Crippen LogP contribution is -2.35. The van der Waals surface area contributed by atoms with Gasteiger partial charge in [0.05, 0.1) is 18.4 Å². The summed E-state index contributed by atoms with van der Waals surface area (Å²) in [5.74, 6) is 0.508. The number of hydrogen-bond donors (Lipinski definition) is 1. The van der Waals surface area contributed by atoms with Crippen molar-refractivity contribution in [1.29, 1.82) is 5.41 Å². The van der Waals surface area contributed by atoms with Gasteiger partial charge in [-0.1, -0.05) is 38.2 Å². The van der Waals surface area contributed by atoms with Crippen molar-refractivity contribution in [2.45, 2.75) is 33.8 Å². The number of nitrogens with zero attached hydrogens (tertiary/aromatic N) is 6. The first kappa shape index (κ1) is 24.8. The molecule has 2 aromatic heterocycles. The summed E-state index contributed by atoms with van der Waals surface area (Å²) in [5.41, 5.74) is 0.970. The van der Waals surface area contributed by atoms with Crippen molar-refractivity contribution in [3.8, 4) is 11.5 Å². The number of methoxy groups -OCH3 is 1. The molecule has 0 radical (unpaired) electrons. The Morgan fingerprint density at radius 2 is 2.00 bits per heavy atom. The predicted molar refractivity (Wildman–Crippen MR) is 144 cm³/mol. The molecule has 2 aliphatic heterocycles. The number of amides is 1. The summed E-state index contributed by atoms with van der Waals surface area (Å²) < 4.78 is 12.7. The van der Waals surface area contributed by atoms with E-state index in [9.17, 15) is 9.59 Å². The first-order valence-corrected chi connectivity index (χ1v) is 13.1. The number of nitrogens with one attached hydrogen (secondary N) is 1. The van der Waals surface area contributed by atoms with Gasteiger partial charge in [0.15, 0.2) is 17.3 Å². The zero-order chi connectivity index (χ0) is 26.3. The molecular weight excluding hydrogens is 514 g/mol. The monoisotopic (exact) mass is 537 g/mol. The van der Waals surface area contributed by atoms with E-state index >= 15 is 0 Å². The normalized spacial score (nSPS) is 16.5. The van der Waals surface area contributed by atoms with Crippen LogP contribution in [0, 0.1) is 11.3 Å². The van der Waals surface area contributed by atoms with Crippen molar-refractivity contribution < 1.29 is 14.3 Å². The molecule has 1 aromatic carbocycles. The van der Waals surface area contributed by atoms with E-state index in [0.29, 0.717) is 32.9 Å². The number of ether oxygens (including phenoxy) is 2. The average Bonchev–Trinajstić information content (AvgIpc) is 3.50. The molecule has 4 heterocycles. The fraction of sp³-hybridized carbons (Fsp3) is 0.292. The van der Waals surface area contributed by atoms with Gasteiger partial charge in [-0.25, -0.2) is 4.98 Å². The Kier molecular flexibility index (Phi) is 6.65. The topological polar surface area (TPSA) is 135 Å². The molecule has 37 heavy (non-hydrogen) atoms.